The summed E-state index contributed by atoms with van der Waals surface area (Å²) < 4.78 is 5.70. The van der Waals surface area contributed by atoms with Gasteiger partial charge in [0.15, 0.2) is 0 Å². The summed E-state index contributed by atoms with van der Waals surface area (Å²) in [6.45, 7) is 4.39. The topological polar surface area (TPSA) is 29.5 Å². The van der Waals surface area contributed by atoms with E-state index in [1.165, 1.54) is 5.56 Å². The minimum atomic E-state index is -0.434. The second kappa shape index (κ2) is 5.69. The van der Waals surface area contributed by atoms with Crippen molar-refractivity contribution in [2.45, 2.75) is 26.6 Å². The predicted molar refractivity (Wildman–Crippen MR) is 72.6 cm³/mol. The van der Waals surface area contributed by atoms with Gasteiger partial charge in [-0.3, -0.25) is 0 Å². The zero-order valence-electron chi connectivity index (χ0n) is 10.8. The van der Waals surface area contributed by atoms with E-state index in [0.29, 0.717) is 6.61 Å². The summed E-state index contributed by atoms with van der Waals surface area (Å²) >= 11 is 0. The van der Waals surface area contributed by atoms with Crippen molar-refractivity contribution < 1.29 is 9.84 Å². The maximum absolute atomic E-state index is 9.41. The molecule has 2 nitrogen and oxygen atoms in total. The van der Waals surface area contributed by atoms with Crippen molar-refractivity contribution in [3.05, 3.63) is 65.2 Å². The summed E-state index contributed by atoms with van der Waals surface area (Å²) in [4.78, 5) is 0. The van der Waals surface area contributed by atoms with Crippen LogP contribution in [0.15, 0.2) is 48.5 Å². The summed E-state index contributed by atoms with van der Waals surface area (Å²) in [5.41, 5.74) is 3.30. The molecule has 18 heavy (non-hydrogen) atoms. The fourth-order valence-electron chi connectivity index (χ4n) is 1.81. The number of ether oxygens (including phenoxy) is 1. The number of benzene rings is 2. The van der Waals surface area contributed by atoms with Crippen molar-refractivity contribution >= 4 is 0 Å². The smallest absolute Gasteiger partial charge is 0.119 e. The molecule has 1 unspecified atom stereocenters. The lowest BCUT2D eigenvalue weighted by Gasteiger charge is -2.09. The van der Waals surface area contributed by atoms with Crippen LogP contribution in [-0.4, -0.2) is 5.11 Å². The molecule has 0 aliphatic carbocycles. The first kappa shape index (κ1) is 12.7. The van der Waals surface area contributed by atoms with Gasteiger partial charge < -0.3 is 9.84 Å². The van der Waals surface area contributed by atoms with Crippen molar-refractivity contribution in [1.29, 1.82) is 0 Å². The Balaban J connectivity index is 1.98. The van der Waals surface area contributed by atoms with Crippen molar-refractivity contribution in [3.63, 3.8) is 0 Å². The van der Waals surface area contributed by atoms with Gasteiger partial charge in [-0.1, -0.05) is 42.0 Å². The average molecular weight is 242 g/mol. The van der Waals surface area contributed by atoms with E-state index >= 15 is 0 Å². The summed E-state index contributed by atoms with van der Waals surface area (Å²) in [7, 11) is 0. The summed E-state index contributed by atoms with van der Waals surface area (Å²) in [5, 5.41) is 9.41. The number of rotatable bonds is 4. The maximum atomic E-state index is 9.41. The van der Waals surface area contributed by atoms with Gasteiger partial charge in [0.1, 0.15) is 12.4 Å². The molecule has 2 aromatic carbocycles. The largest absolute Gasteiger partial charge is 0.489 e. The van der Waals surface area contributed by atoms with E-state index in [-0.39, 0.29) is 0 Å². The first-order chi connectivity index (χ1) is 8.65. The van der Waals surface area contributed by atoms with Gasteiger partial charge in [0.25, 0.3) is 0 Å². The van der Waals surface area contributed by atoms with Crippen LogP contribution < -0.4 is 4.74 Å². The first-order valence-electron chi connectivity index (χ1n) is 6.11. The highest BCUT2D eigenvalue weighted by atomic mass is 16.5. The van der Waals surface area contributed by atoms with Gasteiger partial charge in [-0.15, -0.1) is 0 Å². The molecule has 0 radical (unpaired) electrons. The van der Waals surface area contributed by atoms with E-state index in [0.717, 1.165) is 16.9 Å². The minimum absolute atomic E-state index is 0.434. The molecule has 0 bridgehead atoms. The highest BCUT2D eigenvalue weighted by Gasteiger charge is 2.01. The zero-order chi connectivity index (χ0) is 13.0. The Morgan fingerprint density at radius 2 is 1.83 bits per heavy atom. The Morgan fingerprint density at radius 1 is 1.11 bits per heavy atom. The molecule has 1 atom stereocenters. The molecule has 2 rings (SSSR count). The summed E-state index contributed by atoms with van der Waals surface area (Å²) in [6.07, 6.45) is -0.434. The molecule has 0 saturated heterocycles. The van der Waals surface area contributed by atoms with Crippen LogP contribution in [0, 0.1) is 6.92 Å². The lowest BCUT2D eigenvalue weighted by atomic mass is 10.1. The third-order valence-electron chi connectivity index (χ3n) is 2.85. The molecule has 1 N–H and O–H groups in total. The van der Waals surface area contributed by atoms with Crippen LogP contribution >= 0.6 is 0 Å². The molecular formula is C16H18O2. The molecule has 0 aromatic heterocycles. The molecule has 94 valence electrons. The Hall–Kier alpha value is -1.80. The van der Waals surface area contributed by atoms with E-state index in [2.05, 4.69) is 25.1 Å². The molecule has 0 amide bonds. The fraction of sp³-hybridized carbons (Fsp3) is 0.250. The lowest BCUT2D eigenvalue weighted by Crippen LogP contribution is -1.96. The highest BCUT2D eigenvalue weighted by molar-refractivity contribution is 5.29. The predicted octanol–water partition coefficient (Wildman–Crippen LogP) is 3.63. The maximum Gasteiger partial charge on any atom is 0.119 e. The molecule has 0 spiro atoms. The molecule has 2 aromatic rings. The van der Waals surface area contributed by atoms with Crippen LogP contribution in [-0.2, 0) is 6.61 Å². The van der Waals surface area contributed by atoms with Gasteiger partial charge in [-0.2, -0.15) is 0 Å². The Kier molecular flexibility index (Phi) is 4.00. The van der Waals surface area contributed by atoms with Crippen molar-refractivity contribution in [2.75, 3.05) is 0 Å². The van der Waals surface area contributed by atoms with Crippen LogP contribution in [0.25, 0.3) is 0 Å². The molecule has 0 fully saturated rings. The molecule has 2 heteroatoms. The Bertz CT molecular complexity index is 501. The van der Waals surface area contributed by atoms with E-state index in [9.17, 15) is 5.11 Å². The number of hydrogen-bond acceptors (Lipinski definition) is 2. The van der Waals surface area contributed by atoms with E-state index in [1.54, 1.807) is 6.92 Å². The van der Waals surface area contributed by atoms with Gasteiger partial charge in [0, 0.05) is 0 Å². The second-order valence-electron chi connectivity index (χ2n) is 4.52. The number of aryl methyl sites for hydroxylation is 1. The van der Waals surface area contributed by atoms with E-state index in [4.69, 9.17) is 4.74 Å². The van der Waals surface area contributed by atoms with Gasteiger partial charge in [-0.05, 0) is 37.1 Å². The molecular weight excluding hydrogens is 224 g/mol. The van der Waals surface area contributed by atoms with Gasteiger partial charge >= 0.3 is 0 Å². The summed E-state index contributed by atoms with van der Waals surface area (Å²) in [6, 6.07) is 15.8. The van der Waals surface area contributed by atoms with E-state index in [1.807, 2.05) is 30.3 Å². The monoisotopic (exact) mass is 242 g/mol. The van der Waals surface area contributed by atoms with Crippen LogP contribution in [0.4, 0.5) is 0 Å². The number of aliphatic hydroxyl groups excluding tert-OH is 1. The van der Waals surface area contributed by atoms with E-state index < -0.39 is 6.10 Å². The number of hydrogen-bond donors (Lipinski definition) is 1. The molecule has 0 heterocycles. The van der Waals surface area contributed by atoms with Crippen LogP contribution in [0.1, 0.15) is 29.7 Å². The molecule has 0 saturated carbocycles. The Morgan fingerprint density at radius 3 is 2.44 bits per heavy atom. The van der Waals surface area contributed by atoms with Gasteiger partial charge in [-0.25, -0.2) is 0 Å². The van der Waals surface area contributed by atoms with Crippen molar-refractivity contribution in [3.8, 4) is 5.75 Å². The average Bonchev–Trinajstić information content (AvgIpc) is 2.37. The Labute approximate surface area is 108 Å². The second-order valence-corrected chi connectivity index (χ2v) is 4.52. The third-order valence-corrected chi connectivity index (χ3v) is 2.85. The normalized spacial score (nSPS) is 12.2. The minimum Gasteiger partial charge on any atom is -0.489 e. The zero-order valence-corrected chi connectivity index (χ0v) is 10.8. The van der Waals surface area contributed by atoms with Crippen LogP contribution in [0.3, 0.4) is 0 Å². The van der Waals surface area contributed by atoms with Crippen LogP contribution in [0.5, 0.6) is 5.75 Å². The first-order valence-corrected chi connectivity index (χ1v) is 6.11. The van der Waals surface area contributed by atoms with Crippen molar-refractivity contribution in [1.82, 2.24) is 0 Å². The SMILES string of the molecule is Cc1cccc(COc2ccc(C(C)O)cc2)c1. The molecule has 0 aliphatic rings. The fourth-order valence-corrected chi connectivity index (χ4v) is 1.81. The highest BCUT2D eigenvalue weighted by Crippen LogP contribution is 2.18. The van der Waals surface area contributed by atoms with Crippen molar-refractivity contribution in [2.24, 2.45) is 0 Å². The lowest BCUT2D eigenvalue weighted by molar-refractivity contribution is 0.199. The van der Waals surface area contributed by atoms with Crippen LogP contribution in [0.2, 0.25) is 0 Å². The van der Waals surface area contributed by atoms with Gasteiger partial charge in [0.2, 0.25) is 0 Å². The number of aliphatic hydroxyl groups is 1. The third kappa shape index (κ3) is 3.34. The summed E-state index contributed by atoms with van der Waals surface area (Å²) in [5.74, 6) is 0.820. The van der Waals surface area contributed by atoms with Gasteiger partial charge in [0.05, 0.1) is 6.10 Å². The molecule has 0 aliphatic heterocycles. The quantitative estimate of drug-likeness (QED) is 0.887. The standard InChI is InChI=1S/C16H18O2/c1-12-4-3-5-14(10-12)11-18-16-8-6-15(7-9-16)13(2)17/h3-10,13,17H,11H2,1-2H3.